The largest absolute Gasteiger partial charge is 0.468 e. The van der Waals surface area contributed by atoms with Gasteiger partial charge in [-0.2, -0.15) is 13.2 Å². The van der Waals surface area contributed by atoms with Gasteiger partial charge in [0.05, 0.1) is 24.1 Å². The third-order valence-electron chi connectivity index (χ3n) is 8.78. The van der Waals surface area contributed by atoms with E-state index in [0.717, 1.165) is 40.3 Å². The van der Waals surface area contributed by atoms with Crippen LogP contribution >= 0.6 is 0 Å². The molecule has 10 heteroatoms. The predicted molar refractivity (Wildman–Crippen MR) is 185 cm³/mol. The van der Waals surface area contributed by atoms with Gasteiger partial charge >= 0.3 is 6.18 Å². The fourth-order valence-electron chi connectivity index (χ4n) is 6.03. The lowest BCUT2D eigenvalue weighted by atomic mass is 10.0. The summed E-state index contributed by atoms with van der Waals surface area (Å²) < 4.78 is 44.9. The van der Waals surface area contributed by atoms with Crippen molar-refractivity contribution in [2.75, 3.05) is 26.2 Å². The molecule has 0 radical (unpaired) electrons. The Morgan fingerprint density at radius 2 is 1.54 bits per heavy atom. The van der Waals surface area contributed by atoms with Crippen LogP contribution in [0.1, 0.15) is 28.0 Å². The van der Waals surface area contributed by atoms with Crippen molar-refractivity contribution in [3.05, 3.63) is 156 Å². The highest BCUT2D eigenvalue weighted by Gasteiger charge is 2.34. The number of carbonyl (C=O) groups excluding carboxylic acids is 2. The van der Waals surface area contributed by atoms with E-state index in [1.54, 1.807) is 17.4 Å². The molecule has 1 aliphatic heterocycles. The van der Waals surface area contributed by atoms with E-state index in [-0.39, 0.29) is 18.9 Å². The first-order valence-electron chi connectivity index (χ1n) is 16.5. The Kier molecular flexibility index (Phi) is 10.9. The summed E-state index contributed by atoms with van der Waals surface area (Å²) in [6.45, 7) is 3.08. The second-order valence-electron chi connectivity index (χ2n) is 12.2. The molecular formula is C40H37F3N4O3. The van der Waals surface area contributed by atoms with Crippen molar-refractivity contribution >= 4 is 17.9 Å². The Labute approximate surface area is 289 Å². The molecule has 5 aromatic rings. The van der Waals surface area contributed by atoms with Crippen molar-refractivity contribution in [2.45, 2.75) is 31.7 Å². The minimum Gasteiger partial charge on any atom is -0.468 e. The van der Waals surface area contributed by atoms with Gasteiger partial charge in [0.1, 0.15) is 11.8 Å². The van der Waals surface area contributed by atoms with E-state index >= 15 is 0 Å². The summed E-state index contributed by atoms with van der Waals surface area (Å²) >= 11 is 0. The van der Waals surface area contributed by atoms with E-state index in [1.807, 2.05) is 89.8 Å². The first kappa shape index (κ1) is 34.4. The van der Waals surface area contributed by atoms with E-state index in [4.69, 9.17) is 4.42 Å². The van der Waals surface area contributed by atoms with Crippen molar-refractivity contribution in [1.82, 2.24) is 19.7 Å². The molecule has 0 saturated carbocycles. The predicted octanol–water partition coefficient (Wildman–Crippen LogP) is 7.36. The number of halogens is 3. The maximum absolute atomic E-state index is 14.5. The van der Waals surface area contributed by atoms with Crippen LogP contribution in [0.15, 0.2) is 132 Å². The van der Waals surface area contributed by atoms with E-state index in [2.05, 4.69) is 9.88 Å². The molecule has 2 aromatic heterocycles. The fraction of sp³-hybridized carbons (Fsp3) is 0.225. The molecule has 2 amide bonds. The Balaban J connectivity index is 1.28. The molecule has 0 aliphatic carbocycles. The summed E-state index contributed by atoms with van der Waals surface area (Å²) in [4.78, 5) is 38.6. The van der Waals surface area contributed by atoms with Gasteiger partial charge in [0.2, 0.25) is 11.8 Å². The number of alkyl halides is 3. The third-order valence-corrected chi connectivity index (χ3v) is 8.78. The van der Waals surface area contributed by atoms with Crippen molar-refractivity contribution in [2.24, 2.45) is 0 Å². The third kappa shape index (κ3) is 8.95. The van der Waals surface area contributed by atoms with Gasteiger partial charge in [-0.1, -0.05) is 72.8 Å². The summed E-state index contributed by atoms with van der Waals surface area (Å²) in [5, 5.41) is 0. The molecule has 1 saturated heterocycles. The topological polar surface area (TPSA) is 69.9 Å². The van der Waals surface area contributed by atoms with E-state index < -0.39 is 23.7 Å². The highest BCUT2D eigenvalue weighted by molar-refractivity contribution is 5.95. The minimum atomic E-state index is -4.46. The molecule has 0 unspecified atom stereocenters. The summed E-state index contributed by atoms with van der Waals surface area (Å²) in [7, 11) is 0. The zero-order chi connectivity index (χ0) is 34.9. The number of amides is 2. The quantitative estimate of drug-likeness (QED) is 0.137. The molecule has 0 N–H and O–H groups in total. The lowest BCUT2D eigenvalue weighted by Crippen LogP contribution is -2.56. The number of furan rings is 1. The SMILES string of the molecule is O=C([C@H](Cc1ccccc1)N(Cc1ccc(-c2ccccn2)cc1)C(=O)/C=C/c1ccc(C(F)(F)F)cc1)N1CCN(Cc2ccco2)CC1. The average molecular weight is 679 g/mol. The van der Waals surface area contributed by atoms with Crippen molar-refractivity contribution < 1.29 is 27.2 Å². The number of carbonyl (C=O) groups is 2. The molecule has 1 aliphatic rings. The number of hydrogen-bond acceptors (Lipinski definition) is 5. The maximum Gasteiger partial charge on any atom is 0.416 e. The summed E-state index contributed by atoms with van der Waals surface area (Å²) in [6.07, 6.45) is 2.01. The number of pyridine rings is 1. The van der Waals surface area contributed by atoms with Gasteiger partial charge in [0, 0.05) is 57.0 Å². The van der Waals surface area contributed by atoms with Crippen LogP contribution in [0.3, 0.4) is 0 Å². The van der Waals surface area contributed by atoms with Crippen LogP contribution in [0.2, 0.25) is 0 Å². The Morgan fingerprint density at radius 1 is 0.820 bits per heavy atom. The molecule has 3 heterocycles. The smallest absolute Gasteiger partial charge is 0.416 e. The zero-order valence-electron chi connectivity index (χ0n) is 27.4. The molecule has 1 atom stereocenters. The molecule has 6 rings (SSSR count). The number of aromatic nitrogens is 1. The number of rotatable bonds is 11. The van der Waals surface area contributed by atoms with E-state index in [9.17, 15) is 22.8 Å². The zero-order valence-corrected chi connectivity index (χ0v) is 27.4. The Morgan fingerprint density at radius 3 is 2.18 bits per heavy atom. The molecule has 7 nitrogen and oxygen atoms in total. The molecule has 50 heavy (non-hydrogen) atoms. The Hall–Kier alpha value is -5.48. The van der Waals surface area contributed by atoms with E-state index in [1.165, 1.54) is 24.3 Å². The minimum absolute atomic E-state index is 0.139. The highest BCUT2D eigenvalue weighted by Crippen LogP contribution is 2.29. The average Bonchev–Trinajstić information content (AvgIpc) is 3.66. The van der Waals surface area contributed by atoms with Gasteiger partial charge in [0.25, 0.3) is 0 Å². The van der Waals surface area contributed by atoms with Crippen LogP contribution in [0.5, 0.6) is 0 Å². The molecule has 1 fully saturated rings. The van der Waals surface area contributed by atoms with Gasteiger partial charge in [-0.25, -0.2) is 0 Å². The number of piperazine rings is 1. The standard InChI is InChI=1S/C40H37F3N4O3/c41-40(42,43)34-18-13-30(14-19-34)15-20-38(48)47(28-32-11-16-33(17-12-32)36-10-4-5-21-44-36)37(27-31-7-2-1-3-8-31)39(49)46-24-22-45(23-25-46)29-35-9-6-26-50-35/h1-21,26,37H,22-25,27-29H2/b20-15+/t37-/m0/s1. The van der Waals surface area contributed by atoms with E-state index in [0.29, 0.717) is 38.3 Å². The summed E-state index contributed by atoms with van der Waals surface area (Å²) in [5.41, 5.74) is 3.11. The lowest BCUT2D eigenvalue weighted by molar-refractivity contribution is -0.145. The van der Waals surface area contributed by atoms with Crippen molar-refractivity contribution in [3.63, 3.8) is 0 Å². The number of hydrogen-bond donors (Lipinski definition) is 0. The van der Waals surface area contributed by atoms with Crippen LogP contribution in [0.25, 0.3) is 17.3 Å². The van der Waals surface area contributed by atoms with Gasteiger partial charge < -0.3 is 14.2 Å². The summed E-state index contributed by atoms with van der Waals surface area (Å²) in [5.74, 6) is 0.273. The summed E-state index contributed by atoms with van der Waals surface area (Å²) in [6, 6.07) is 30.5. The van der Waals surface area contributed by atoms with Crippen molar-refractivity contribution in [1.29, 1.82) is 0 Å². The molecule has 256 valence electrons. The first-order valence-corrected chi connectivity index (χ1v) is 16.5. The molecule has 0 spiro atoms. The van der Waals surface area contributed by atoms with Gasteiger partial charge in [0.15, 0.2) is 0 Å². The van der Waals surface area contributed by atoms with Crippen LogP contribution < -0.4 is 0 Å². The van der Waals surface area contributed by atoms with Gasteiger partial charge in [-0.15, -0.1) is 0 Å². The van der Waals surface area contributed by atoms with Crippen LogP contribution in [-0.2, 0) is 35.3 Å². The first-order chi connectivity index (χ1) is 24.2. The fourth-order valence-corrected chi connectivity index (χ4v) is 6.03. The monoisotopic (exact) mass is 678 g/mol. The second kappa shape index (κ2) is 15.8. The van der Waals surface area contributed by atoms with Gasteiger partial charge in [-0.3, -0.25) is 19.5 Å². The molecule has 0 bridgehead atoms. The van der Waals surface area contributed by atoms with Crippen LogP contribution in [0, 0.1) is 0 Å². The highest BCUT2D eigenvalue weighted by atomic mass is 19.4. The second-order valence-corrected chi connectivity index (χ2v) is 12.2. The normalized spacial score (nSPS) is 14.5. The maximum atomic E-state index is 14.5. The molecular weight excluding hydrogens is 641 g/mol. The lowest BCUT2D eigenvalue weighted by Gasteiger charge is -2.39. The Bertz CT molecular complexity index is 1850. The van der Waals surface area contributed by atoms with Crippen molar-refractivity contribution in [3.8, 4) is 11.3 Å². The van der Waals surface area contributed by atoms with Crippen LogP contribution in [0.4, 0.5) is 13.2 Å². The van der Waals surface area contributed by atoms with Gasteiger partial charge in [-0.05, 0) is 59.2 Å². The number of benzene rings is 3. The van der Waals surface area contributed by atoms with Crippen LogP contribution in [-0.4, -0.2) is 63.7 Å². The number of nitrogens with zero attached hydrogens (tertiary/aromatic N) is 4. The molecule has 3 aromatic carbocycles.